The van der Waals surface area contributed by atoms with Crippen LogP contribution in [-0.4, -0.2) is 34.3 Å². The van der Waals surface area contributed by atoms with Gasteiger partial charge in [-0.15, -0.1) is 0 Å². The standard InChI is InChI=1S/C15H8ClF3N2O2S.C2H7NO/c16-8-2-4-11(22)9(6-8)13(23)21-14-20-10-3-1-7(15(17,18)19)5-12(10)24-14;3-1-2-4/h1-6,22H,(H,20,21,23);4H,1-3H2. The normalized spacial score (nSPS) is 11.1. The maximum absolute atomic E-state index is 12.7. The number of fused-ring (bicyclic) bond motifs is 1. The number of halogens is 4. The van der Waals surface area contributed by atoms with Crippen LogP contribution in [0.15, 0.2) is 36.4 Å². The van der Waals surface area contributed by atoms with Crippen LogP contribution in [0, 0.1) is 0 Å². The quantitative estimate of drug-likeness (QED) is 0.501. The summed E-state index contributed by atoms with van der Waals surface area (Å²) in [6.45, 7) is 0.472. The van der Waals surface area contributed by atoms with Gasteiger partial charge in [0, 0.05) is 11.6 Å². The summed E-state index contributed by atoms with van der Waals surface area (Å²) in [4.78, 5) is 16.2. The summed E-state index contributed by atoms with van der Waals surface area (Å²) in [6.07, 6.45) is -4.45. The number of hydrogen-bond donors (Lipinski definition) is 4. The van der Waals surface area contributed by atoms with E-state index in [1.54, 1.807) is 0 Å². The molecule has 11 heteroatoms. The third kappa shape index (κ3) is 5.55. The molecule has 6 nitrogen and oxygen atoms in total. The molecule has 0 radical (unpaired) electrons. The molecule has 0 saturated heterocycles. The molecule has 3 rings (SSSR count). The second kappa shape index (κ2) is 9.20. The molecule has 0 unspecified atom stereocenters. The van der Waals surface area contributed by atoms with Crippen molar-refractivity contribution in [3.63, 3.8) is 0 Å². The lowest BCUT2D eigenvalue weighted by Gasteiger charge is -2.04. The van der Waals surface area contributed by atoms with E-state index >= 15 is 0 Å². The Balaban J connectivity index is 0.000000640. The number of nitrogens with two attached hydrogens (primary N) is 1. The Bertz CT molecular complexity index is 977. The third-order valence-electron chi connectivity index (χ3n) is 3.27. The average molecular weight is 434 g/mol. The van der Waals surface area contributed by atoms with Crippen LogP contribution in [0.2, 0.25) is 5.02 Å². The fourth-order valence-electron chi connectivity index (χ4n) is 2.01. The Labute approximate surface area is 166 Å². The number of carbonyl (C=O) groups is 1. The topological polar surface area (TPSA) is 108 Å². The highest BCUT2D eigenvalue weighted by Crippen LogP contribution is 2.34. The summed E-state index contributed by atoms with van der Waals surface area (Å²) in [6, 6.07) is 7.10. The zero-order chi connectivity index (χ0) is 20.9. The number of benzene rings is 2. The molecule has 0 saturated carbocycles. The van der Waals surface area contributed by atoms with Crippen LogP contribution in [0.3, 0.4) is 0 Å². The Morgan fingerprint density at radius 1 is 1.25 bits per heavy atom. The molecule has 0 aliphatic carbocycles. The summed E-state index contributed by atoms with van der Waals surface area (Å²) in [5.74, 6) is -0.928. The lowest BCUT2D eigenvalue weighted by Crippen LogP contribution is -2.11. The Morgan fingerprint density at radius 2 is 1.93 bits per heavy atom. The second-order valence-electron chi connectivity index (χ2n) is 5.33. The number of aromatic hydroxyl groups is 1. The number of nitrogens with zero attached hydrogens (tertiary/aromatic N) is 1. The van der Waals surface area contributed by atoms with Crippen molar-refractivity contribution >= 4 is 44.2 Å². The van der Waals surface area contributed by atoms with E-state index in [4.69, 9.17) is 22.4 Å². The van der Waals surface area contributed by atoms with Crippen LogP contribution < -0.4 is 11.1 Å². The van der Waals surface area contributed by atoms with Gasteiger partial charge < -0.3 is 15.9 Å². The van der Waals surface area contributed by atoms with E-state index in [0.29, 0.717) is 12.1 Å². The number of aliphatic hydroxyl groups is 1. The fourth-order valence-corrected chi connectivity index (χ4v) is 3.08. The second-order valence-corrected chi connectivity index (χ2v) is 6.79. The minimum Gasteiger partial charge on any atom is -0.507 e. The van der Waals surface area contributed by atoms with Gasteiger partial charge in [-0.2, -0.15) is 13.2 Å². The molecule has 1 heterocycles. The first kappa shape index (κ1) is 21.9. The van der Waals surface area contributed by atoms with Crippen molar-refractivity contribution in [2.45, 2.75) is 6.18 Å². The largest absolute Gasteiger partial charge is 0.507 e. The minimum atomic E-state index is -4.45. The van der Waals surface area contributed by atoms with Crippen molar-refractivity contribution in [3.8, 4) is 5.75 Å². The molecule has 0 aliphatic heterocycles. The summed E-state index contributed by atoms with van der Waals surface area (Å²) < 4.78 is 38.4. The molecule has 2 aromatic carbocycles. The number of rotatable bonds is 3. The van der Waals surface area contributed by atoms with Gasteiger partial charge in [-0.3, -0.25) is 10.1 Å². The van der Waals surface area contributed by atoms with Crippen molar-refractivity contribution < 1.29 is 28.2 Å². The average Bonchev–Trinajstić information content (AvgIpc) is 3.04. The highest BCUT2D eigenvalue weighted by atomic mass is 35.5. The molecular weight excluding hydrogens is 419 g/mol. The van der Waals surface area contributed by atoms with Gasteiger partial charge in [0.2, 0.25) is 0 Å². The number of phenols is 1. The summed E-state index contributed by atoms with van der Waals surface area (Å²) in [7, 11) is 0. The van der Waals surface area contributed by atoms with Gasteiger partial charge in [0.1, 0.15) is 5.75 Å². The molecular formula is C17H15ClF3N3O3S. The van der Waals surface area contributed by atoms with Crippen molar-refractivity contribution in [1.82, 2.24) is 4.98 Å². The summed E-state index contributed by atoms with van der Waals surface area (Å²) >= 11 is 6.68. The van der Waals surface area contributed by atoms with Gasteiger partial charge in [-0.1, -0.05) is 22.9 Å². The van der Waals surface area contributed by atoms with E-state index in [-0.39, 0.29) is 32.8 Å². The molecule has 0 atom stereocenters. The van der Waals surface area contributed by atoms with Gasteiger partial charge >= 0.3 is 6.18 Å². The number of hydrogen-bond acceptors (Lipinski definition) is 6. The number of nitrogens with one attached hydrogen (secondary N) is 1. The maximum Gasteiger partial charge on any atom is 0.416 e. The Kier molecular flexibility index (Phi) is 7.19. The van der Waals surface area contributed by atoms with Crippen LogP contribution in [0.5, 0.6) is 5.75 Å². The minimum absolute atomic E-state index is 0.0577. The number of phenolic OH excluding ortho intramolecular Hbond substituents is 1. The highest BCUT2D eigenvalue weighted by molar-refractivity contribution is 7.22. The number of amides is 1. The van der Waals surface area contributed by atoms with E-state index in [1.807, 2.05) is 0 Å². The SMILES string of the molecule is NCCO.O=C(Nc1nc2ccc(C(F)(F)F)cc2s1)c1cc(Cl)ccc1O. The number of aliphatic hydroxyl groups excluding tert-OH is 1. The smallest absolute Gasteiger partial charge is 0.416 e. The molecule has 0 spiro atoms. The van der Waals surface area contributed by atoms with Gasteiger partial charge in [0.15, 0.2) is 5.13 Å². The predicted octanol–water partition coefficient (Wildman–Crippen LogP) is 3.86. The van der Waals surface area contributed by atoms with E-state index in [0.717, 1.165) is 23.5 Å². The van der Waals surface area contributed by atoms with Crippen LogP contribution in [-0.2, 0) is 6.18 Å². The lowest BCUT2D eigenvalue weighted by molar-refractivity contribution is -0.137. The maximum atomic E-state index is 12.7. The molecule has 150 valence electrons. The van der Waals surface area contributed by atoms with Gasteiger partial charge in [0.05, 0.1) is 28.0 Å². The monoisotopic (exact) mass is 433 g/mol. The molecule has 0 bridgehead atoms. The van der Waals surface area contributed by atoms with Crippen LogP contribution in [0.1, 0.15) is 15.9 Å². The number of carbonyl (C=O) groups excluding carboxylic acids is 1. The molecule has 5 N–H and O–H groups in total. The zero-order valence-corrected chi connectivity index (χ0v) is 15.7. The first-order valence-corrected chi connectivity index (χ1v) is 8.93. The first-order valence-electron chi connectivity index (χ1n) is 7.74. The van der Waals surface area contributed by atoms with Crippen molar-refractivity contribution in [3.05, 3.63) is 52.5 Å². The van der Waals surface area contributed by atoms with Gasteiger partial charge in [0.25, 0.3) is 5.91 Å². The lowest BCUT2D eigenvalue weighted by atomic mass is 10.2. The van der Waals surface area contributed by atoms with E-state index in [2.05, 4.69) is 10.3 Å². The third-order valence-corrected chi connectivity index (χ3v) is 4.44. The number of aromatic nitrogens is 1. The highest BCUT2D eigenvalue weighted by Gasteiger charge is 2.30. The van der Waals surface area contributed by atoms with Crippen LogP contribution in [0.25, 0.3) is 10.2 Å². The molecule has 28 heavy (non-hydrogen) atoms. The number of anilines is 1. The molecule has 0 aliphatic rings. The first-order chi connectivity index (χ1) is 13.2. The Morgan fingerprint density at radius 3 is 2.54 bits per heavy atom. The van der Waals surface area contributed by atoms with E-state index < -0.39 is 17.6 Å². The van der Waals surface area contributed by atoms with E-state index in [1.165, 1.54) is 24.3 Å². The summed E-state index contributed by atoms with van der Waals surface area (Å²) in [5, 5.41) is 20.3. The molecule has 1 amide bonds. The van der Waals surface area contributed by atoms with Crippen molar-refractivity contribution in [2.24, 2.45) is 5.73 Å². The van der Waals surface area contributed by atoms with Crippen LogP contribution in [0.4, 0.5) is 18.3 Å². The number of thiazole rings is 1. The molecule has 0 fully saturated rings. The molecule has 3 aromatic rings. The van der Waals surface area contributed by atoms with Crippen molar-refractivity contribution in [2.75, 3.05) is 18.5 Å². The molecule has 1 aromatic heterocycles. The van der Waals surface area contributed by atoms with Gasteiger partial charge in [-0.05, 0) is 36.4 Å². The van der Waals surface area contributed by atoms with Crippen molar-refractivity contribution in [1.29, 1.82) is 0 Å². The number of alkyl halides is 3. The Hall–Kier alpha value is -2.40. The summed E-state index contributed by atoms with van der Waals surface area (Å²) in [5.41, 5.74) is 4.26. The van der Waals surface area contributed by atoms with Crippen LogP contribution >= 0.6 is 22.9 Å². The zero-order valence-electron chi connectivity index (χ0n) is 14.1. The fraction of sp³-hybridized carbons (Fsp3) is 0.176. The predicted molar refractivity (Wildman–Crippen MR) is 102 cm³/mol. The van der Waals surface area contributed by atoms with Gasteiger partial charge in [-0.25, -0.2) is 4.98 Å². The van der Waals surface area contributed by atoms with E-state index in [9.17, 15) is 23.1 Å².